The van der Waals surface area contributed by atoms with E-state index in [1.165, 1.54) is 12.1 Å². The van der Waals surface area contributed by atoms with E-state index >= 15 is 0 Å². The van der Waals surface area contributed by atoms with Crippen molar-refractivity contribution in [2.24, 2.45) is 0 Å². The van der Waals surface area contributed by atoms with Crippen molar-refractivity contribution in [3.8, 4) is 5.75 Å². The summed E-state index contributed by atoms with van der Waals surface area (Å²) in [6.45, 7) is 0.831. The number of ether oxygens (including phenoxy) is 1. The lowest BCUT2D eigenvalue weighted by Crippen LogP contribution is -2.03. The van der Waals surface area contributed by atoms with Gasteiger partial charge in [-0.25, -0.2) is 4.79 Å². The minimum Gasteiger partial charge on any atom is -0.489 e. The van der Waals surface area contributed by atoms with E-state index in [1.807, 2.05) is 30.3 Å². The van der Waals surface area contributed by atoms with E-state index < -0.39 is 5.97 Å². The minimum atomic E-state index is -0.998. The van der Waals surface area contributed by atoms with Crippen LogP contribution in [0.25, 0.3) is 0 Å². The van der Waals surface area contributed by atoms with E-state index in [2.05, 4.69) is 5.32 Å². The molecule has 0 atom stereocenters. The fourth-order valence-electron chi connectivity index (χ4n) is 2.49. The highest BCUT2D eigenvalue weighted by molar-refractivity contribution is 6.35. The molecule has 0 heterocycles. The van der Waals surface area contributed by atoms with Gasteiger partial charge in [0, 0.05) is 22.2 Å². The van der Waals surface area contributed by atoms with Gasteiger partial charge in [-0.05, 0) is 48.0 Å². The maximum atomic E-state index is 11.1. The quantitative estimate of drug-likeness (QED) is 0.442. The maximum absolute atomic E-state index is 11.1. The third-order valence-corrected chi connectivity index (χ3v) is 4.95. The second kappa shape index (κ2) is 9.20. The summed E-state index contributed by atoms with van der Waals surface area (Å²) in [6.07, 6.45) is 0. The van der Waals surface area contributed by atoms with Crippen LogP contribution in [-0.2, 0) is 13.2 Å². The fourth-order valence-corrected chi connectivity index (χ4v) is 3.14. The predicted octanol–water partition coefficient (Wildman–Crippen LogP) is 6.54. The van der Waals surface area contributed by atoms with Gasteiger partial charge in [0.25, 0.3) is 0 Å². The average molecular weight is 437 g/mol. The first-order chi connectivity index (χ1) is 13.4. The van der Waals surface area contributed by atoms with E-state index in [9.17, 15) is 4.79 Å². The Morgan fingerprint density at radius 2 is 1.68 bits per heavy atom. The van der Waals surface area contributed by atoms with E-state index in [-0.39, 0.29) is 5.56 Å². The van der Waals surface area contributed by atoms with Crippen LogP contribution in [0.15, 0.2) is 60.7 Å². The number of anilines is 1. The normalized spacial score (nSPS) is 10.5. The predicted molar refractivity (Wildman–Crippen MR) is 113 cm³/mol. The summed E-state index contributed by atoms with van der Waals surface area (Å²) in [5.74, 6) is -0.289. The Balaban J connectivity index is 1.59. The van der Waals surface area contributed by atoms with Crippen LogP contribution in [0.1, 0.15) is 21.5 Å². The maximum Gasteiger partial charge on any atom is 0.335 e. The number of halogens is 3. The zero-order valence-electron chi connectivity index (χ0n) is 14.6. The molecule has 3 rings (SSSR count). The van der Waals surface area contributed by atoms with Gasteiger partial charge in [0.15, 0.2) is 0 Å². The molecule has 0 saturated heterocycles. The molecule has 0 spiro atoms. The lowest BCUT2D eigenvalue weighted by Gasteiger charge is -2.11. The van der Waals surface area contributed by atoms with Gasteiger partial charge in [-0.2, -0.15) is 0 Å². The summed E-state index contributed by atoms with van der Waals surface area (Å²) in [5, 5.41) is 13.8. The van der Waals surface area contributed by atoms with E-state index in [0.29, 0.717) is 39.7 Å². The van der Waals surface area contributed by atoms with Gasteiger partial charge in [0.2, 0.25) is 0 Å². The number of rotatable bonds is 7. The molecule has 3 aromatic carbocycles. The Morgan fingerprint density at radius 1 is 0.929 bits per heavy atom. The van der Waals surface area contributed by atoms with Gasteiger partial charge >= 0.3 is 5.97 Å². The molecule has 0 aliphatic heterocycles. The summed E-state index contributed by atoms with van der Waals surface area (Å²) in [4.78, 5) is 11.1. The van der Waals surface area contributed by atoms with Crippen molar-refractivity contribution in [2.45, 2.75) is 13.2 Å². The molecule has 0 aliphatic carbocycles. The second-order valence-corrected chi connectivity index (χ2v) is 7.27. The highest BCUT2D eigenvalue weighted by atomic mass is 35.5. The first-order valence-electron chi connectivity index (χ1n) is 8.35. The van der Waals surface area contributed by atoms with Gasteiger partial charge in [-0.1, -0.05) is 53.0 Å². The summed E-state index contributed by atoms with van der Waals surface area (Å²) < 4.78 is 5.76. The van der Waals surface area contributed by atoms with Crippen LogP contribution in [0.5, 0.6) is 5.75 Å². The molecular formula is C21H16Cl3NO3. The third-order valence-electron chi connectivity index (χ3n) is 4.03. The van der Waals surface area contributed by atoms with Crippen molar-refractivity contribution >= 4 is 46.5 Å². The first kappa shape index (κ1) is 20.3. The zero-order chi connectivity index (χ0) is 20.1. The van der Waals surface area contributed by atoms with Crippen molar-refractivity contribution in [3.05, 3.63) is 92.4 Å². The number of benzene rings is 3. The molecular weight excluding hydrogens is 421 g/mol. The van der Waals surface area contributed by atoms with Crippen LogP contribution in [0.3, 0.4) is 0 Å². The molecule has 0 aliphatic rings. The molecule has 0 saturated carbocycles. The smallest absolute Gasteiger partial charge is 0.335 e. The molecule has 0 unspecified atom stereocenters. The van der Waals surface area contributed by atoms with Gasteiger partial charge in [-0.3, -0.25) is 0 Å². The Kier molecular flexibility index (Phi) is 6.68. The van der Waals surface area contributed by atoms with Crippen molar-refractivity contribution in [3.63, 3.8) is 0 Å². The highest BCUT2D eigenvalue weighted by Crippen LogP contribution is 2.25. The van der Waals surface area contributed by atoms with Crippen LogP contribution in [0.2, 0.25) is 15.1 Å². The SMILES string of the molecule is O=C(O)c1ccc(Cl)c(NCc2ccc(OCc3ccc(Cl)cc3Cl)cc2)c1. The lowest BCUT2D eigenvalue weighted by atomic mass is 10.1. The summed E-state index contributed by atoms with van der Waals surface area (Å²) >= 11 is 18.2. The number of carbonyl (C=O) groups is 1. The Hall–Kier alpha value is -2.40. The Bertz CT molecular complexity index is 991. The molecule has 7 heteroatoms. The van der Waals surface area contributed by atoms with Gasteiger partial charge in [0.1, 0.15) is 12.4 Å². The monoisotopic (exact) mass is 435 g/mol. The molecule has 144 valence electrons. The summed E-state index contributed by atoms with van der Waals surface area (Å²) in [5.41, 5.74) is 2.59. The van der Waals surface area contributed by atoms with E-state index in [0.717, 1.165) is 11.1 Å². The molecule has 2 N–H and O–H groups in total. The molecule has 4 nitrogen and oxygen atoms in total. The minimum absolute atomic E-state index is 0.177. The topological polar surface area (TPSA) is 58.6 Å². The van der Waals surface area contributed by atoms with Crippen molar-refractivity contribution in [2.75, 3.05) is 5.32 Å². The summed E-state index contributed by atoms with van der Waals surface area (Å²) in [6, 6.07) is 17.4. The van der Waals surface area contributed by atoms with Gasteiger partial charge in [-0.15, -0.1) is 0 Å². The van der Waals surface area contributed by atoms with Gasteiger partial charge in [0.05, 0.1) is 16.3 Å². The molecule has 0 amide bonds. The summed E-state index contributed by atoms with van der Waals surface area (Å²) in [7, 11) is 0. The largest absolute Gasteiger partial charge is 0.489 e. The van der Waals surface area contributed by atoms with Crippen LogP contribution in [0.4, 0.5) is 5.69 Å². The molecule has 0 radical (unpaired) electrons. The van der Waals surface area contributed by atoms with Crippen LogP contribution in [0, 0.1) is 0 Å². The Morgan fingerprint density at radius 3 is 2.36 bits per heavy atom. The Labute approximate surface area is 177 Å². The number of nitrogens with one attached hydrogen (secondary N) is 1. The fraction of sp³-hybridized carbons (Fsp3) is 0.0952. The molecule has 3 aromatic rings. The highest BCUT2D eigenvalue weighted by Gasteiger charge is 2.07. The van der Waals surface area contributed by atoms with Crippen LogP contribution < -0.4 is 10.1 Å². The van der Waals surface area contributed by atoms with Crippen LogP contribution >= 0.6 is 34.8 Å². The molecule has 0 bridgehead atoms. The molecule has 28 heavy (non-hydrogen) atoms. The number of hydrogen-bond donors (Lipinski definition) is 2. The number of aromatic carboxylic acids is 1. The first-order valence-corrected chi connectivity index (χ1v) is 9.48. The lowest BCUT2D eigenvalue weighted by molar-refractivity contribution is 0.0697. The third kappa shape index (κ3) is 5.32. The van der Waals surface area contributed by atoms with Crippen molar-refractivity contribution < 1.29 is 14.6 Å². The zero-order valence-corrected chi connectivity index (χ0v) is 16.9. The number of hydrogen-bond acceptors (Lipinski definition) is 3. The van der Waals surface area contributed by atoms with Crippen LogP contribution in [-0.4, -0.2) is 11.1 Å². The second-order valence-electron chi connectivity index (χ2n) is 6.02. The number of carboxylic acids is 1. The average Bonchev–Trinajstić information content (AvgIpc) is 2.67. The van der Waals surface area contributed by atoms with E-state index in [4.69, 9.17) is 44.6 Å². The number of carboxylic acid groups (broad SMARTS) is 1. The van der Waals surface area contributed by atoms with Gasteiger partial charge < -0.3 is 15.2 Å². The van der Waals surface area contributed by atoms with Crippen molar-refractivity contribution in [1.82, 2.24) is 0 Å². The standard InChI is InChI=1S/C21H16Cl3NO3/c22-16-5-3-15(19(24)10-16)12-28-17-6-1-13(2-7-17)11-25-20-9-14(21(26)27)4-8-18(20)23/h1-10,25H,11-12H2,(H,26,27). The van der Waals surface area contributed by atoms with E-state index in [1.54, 1.807) is 18.2 Å². The molecule has 0 aromatic heterocycles. The molecule has 0 fully saturated rings. The van der Waals surface area contributed by atoms with Crippen molar-refractivity contribution in [1.29, 1.82) is 0 Å².